The Balaban J connectivity index is 2.20. The Morgan fingerprint density at radius 2 is 2.20 bits per heavy atom. The van der Waals surface area contributed by atoms with Crippen LogP contribution in [-0.2, 0) is 4.74 Å². The van der Waals surface area contributed by atoms with Crippen LogP contribution in [0.4, 0.5) is 0 Å². The Bertz CT molecular complexity index is 450. The van der Waals surface area contributed by atoms with Gasteiger partial charge >= 0.3 is 0 Å². The van der Waals surface area contributed by atoms with Crippen LogP contribution in [0.25, 0.3) is 0 Å². The molecule has 0 saturated carbocycles. The summed E-state index contributed by atoms with van der Waals surface area (Å²) in [6.45, 7) is 8.95. The number of rotatable bonds is 4. The number of halogens is 1. The predicted molar refractivity (Wildman–Crippen MR) is 84.4 cm³/mol. The molecule has 112 valence electrons. The molecule has 2 rings (SSSR count). The molecule has 1 aromatic rings. The highest BCUT2D eigenvalue weighted by atomic mass is 35.5. The molecule has 0 bridgehead atoms. The molecule has 0 aromatic heterocycles. The molecule has 2 unspecified atom stereocenters. The van der Waals surface area contributed by atoms with Crippen LogP contribution in [0.15, 0.2) is 18.2 Å². The predicted octanol–water partition coefficient (Wildman–Crippen LogP) is 3.02. The molecule has 1 fully saturated rings. The van der Waals surface area contributed by atoms with Crippen LogP contribution in [0.1, 0.15) is 31.0 Å². The fourth-order valence-electron chi connectivity index (χ4n) is 2.65. The second-order valence-corrected chi connectivity index (χ2v) is 6.31. The number of aryl methyl sites for hydroxylation is 1. The molecular formula is C16H25ClN2O. The van der Waals surface area contributed by atoms with Crippen LogP contribution in [0, 0.1) is 6.92 Å². The lowest BCUT2D eigenvalue weighted by molar-refractivity contribution is -0.0620. The Hall–Kier alpha value is -0.610. The molecule has 3 nitrogen and oxygen atoms in total. The maximum absolute atomic E-state index is 6.28. The fraction of sp³-hybridized carbons (Fsp3) is 0.625. The van der Waals surface area contributed by atoms with E-state index in [2.05, 4.69) is 49.3 Å². The van der Waals surface area contributed by atoms with Gasteiger partial charge in [0.05, 0.1) is 18.8 Å². The van der Waals surface area contributed by atoms with Crippen LogP contribution in [0.3, 0.4) is 0 Å². The van der Waals surface area contributed by atoms with Gasteiger partial charge < -0.3 is 10.1 Å². The van der Waals surface area contributed by atoms with E-state index in [1.807, 2.05) is 6.92 Å². The molecule has 0 aliphatic carbocycles. The van der Waals surface area contributed by atoms with E-state index in [9.17, 15) is 0 Å². The van der Waals surface area contributed by atoms with Crippen LogP contribution >= 0.6 is 11.6 Å². The SMILES string of the molecule is Cc1ccc(C2C(CNC(C)C)OCCN2C)cc1Cl. The minimum atomic E-state index is 0.162. The molecule has 1 aromatic carbocycles. The van der Waals surface area contributed by atoms with Gasteiger partial charge in [-0.15, -0.1) is 0 Å². The summed E-state index contributed by atoms with van der Waals surface area (Å²) in [7, 11) is 2.16. The van der Waals surface area contributed by atoms with Gasteiger partial charge in [0, 0.05) is 24.2 Å². The third-order valence-electron chi connectivity index (χ3n) is 3.87. The molecule has 1 aliphatic heterocycles. The standard InChI is InChI=1S/C16H25ClN2O/c1-11(2)18-10-15-16(19(4)7-8-20-15)13-6-5-12(3)14(17)9-13/h5-6,9,11,15-16,18H,7-8,10H2,1-4H3. The van der Waals surface area contributed by atoms with E-state index in [1.165, 1.54) is 5.56 Å². The summed E-state index contributed by atoms with van der Waals surface area (Å²) >= 11 is 6.28. The molecule has 1 N–H and O–H groups in total. The topological polar surface area (TPSA) is 24.5 Å². The first-order chi connectivity index (χ1) is 9.49. The number of morpholine rings is 1. The zero-order valence-corrected chi connectivity index (χ0v) is 13.6. The van der Waals surface area contributed by atoms with E-state index in [1.54, 1.807) is 0 Å². The average molecular weight is 297 g/mol. The number of nitrogens with one attached hydrogen (secondary N) is 1. The van der Waals surface area contributed by atoms with Gasteiger partial charge in [0.25, 0.3) is 0 Å². The molecule has 4 heteroatoms. The molecular weight excluding hydrogens is 272 g/mol. The summed E-state index contributed by atoms with van der Waals surface area (Å²) in [5.41, 5.74) is 2.35. The summed E-state index contributed by atoms with van der Waals surface area (Å²) < 4.78 is 5.99. The fourth-order valence-corrected chi connectivity index (χ4v) is 2.84. The van der Waals surface area contributed by atoms with Gasteiger partial charge in [-0.1, -0.05) is 37.6 Å². The molecule has 0 radical (unpaired) electrons. The van der Waals surface area contributed by atoms with E-state index in [0.29, 0.717) is 6.04 Å². The van der Waals surface area contributed by atoms with Crippen LogP contribution < -0.4 is 5.32 Å². The van der Waals surface area contributed by atoms with E-state index in [-0.39, 0.29) is 12.1 Å². The zero-order chi connectivity index (χ0) is 14.7. The van der Waals surface area contributed by atoms with E-state index < -0.39 is 0 Å². The lowest BCUT2D eigenvalue weighted by Crippen LogP contribution is -2.48. The number of likely N-dealkylation sites (N-methyl/N-ethyl adjacent to an activating group) is 1. The van der Waals surface area contributed by atoms with Crippen LogP contribution in [0.5, 0.6) is 0 Å². The molecule has 1 saturated heterocycles. The van der Waals surface area contributed by atoms with Crippen molar-refractivity contribution in [3.05, 3.63) is 34.3 Å². The molecule has 0 amide bonds. The number of benzene rings is 1. The smallest absolute Gasteiger partial charge is 0.0896 e. The van der Waals surface area contributed by atoms with Gasteiger partial charge in [0.2, 0.25) is 0 Å². The highest BCUT2D eigenvalue weighted by Crippen LogP contribution is 2.30. The highest BCUT2D eigenvalue weighted by molar-refractivity contribution is 6.31. The van der Waals surface area contributed by atoms with E-state index in [4.69, 9.17) is 16.3 Å². The van der Waals surface area contributed by atoms with Crippen molar-refractivity contribution in [2.75, 3.05) is 26.7 Å². The highest BCUT2D eigenvalue weighted by Gasteiger charge is 2.31. The first-order valence-electron chi connectivity index (χ1n) is 7.30. The first kappa shape index (κ1) is 15.8. The number of hydrogen-bond acceptors (Lipinski definition) is 3. The van der Waals surface area contributed by atoms with Crippen molar-refractivity contribution in [2.45, 2.75) is 39.0 Å². The molecule has 0 spiro atoms. The summed E-state index contributed by atoms with van der Waals surface area (Å²) in [5, 5.41) is 4.31. The van der Waals surface area contributed by atoms with E-state index in [0.717, 1.165) is 30.3 Å². The molecule has 1 aliphatic rings. The Labute approximate surface area is 127 Å². The minimum absolute atomic E-state index is 0.162. The normalized spacial score (nSPS) is 24.3. The van der Waals surface area contributed by atoms with Gasteiger partial charge in [0.15, 0.2) is 0 Å². The maximum Gasteiger partial charge on any atom is 0.0896 e. The Morgan fingerprint density at radius 1 is 1.45 bits per heavy atom. The van der Waals surface area contributed by atoms with Gasteiger partial charge in [-0.2, -0.15) is 0 Å². The van der Waals surface area contributed by atoms with E-state index >= 15 is 0 Å². The van der Waals surface area contributed by atoms with Crippen molar-refractivity contribution < 1.29 is 4.74 Å². The summed E-state index contributed by atoms with van der Waals surface area (Å²) in [5.74, 6) is 0. The molecule has 2 atom stereocenters. The van der Waals surface area contributed by atoms with Gasteiger partial charge in [0.1, 0.15) is 0 Å². The van der Waals surface area contributed by atoms with Gasteiger partial charge in [-0.3, -0.25) is 4.90 Å². The van der Waals surface area contributed by atoms with Gasteiger partial charge in [-0.05, 0) is 31.2 Å². The van der Waals surface area contributed by atoms with Crippen LogP contribution in [0.2, 0.25) is 5.02 Å². The third-order valence-corrected chi connectivity index (χ3v) is 4.27. The summed E-state index contributed by atoms with van der Waals surface area (Å²) in [4.78, 5) is 2.36. The van der Waals surface area contributed by atoms with Crippen molar-refractivity contribution in [1.29, 1.82) is 0 Å². The summed E-state index contributed by atoms with van der Waals surface area (Å²) in [6, 6.07) is 7.06. The third kappa shape index (κ3) is 3.73. The molecule has 20 heavy (non-hydrogen) atoms. The second kappa shape index (κ2) is 6.90. The quantitative estimate of drug-likeness (QED) is 0.924. The Morgan fingerprint density at radius 3 is 2.85 bits per heavy atom. The van der Waals surface area contributed by atoms with Crippen LogP contribution in [-0.4, -0.2) is 43.8 Å². The van der Waals surface area contributed by atoms with Gasteiger partial charge in [-0.25, -0.2) is 0 Å². The minimum Gasteiger partial charge on any atom is -0.374 e. The zero-order valence-electron chi connectivity index (χ0n) is 12.8. The maximum atomic E-state index is 6.28. The van der Waals surface area contributed by atoms with Crippen molar-refractivity contribution in [3.63, 3.8) is 0 Å². The first-order valence-corrected chi connectivity index (χ1v) is 7.68. The number of nitrogens with zero attached hydrogens (tertiary/aromatic N) is 1. The lowest BCUT2D eigenvalue weighted by Gasteiger charge is -2.40. The van der Waals surface area contributed by atoms with Crippen molar-refractivity contribution in [3.8, 4) is 0 Å². The lowest BCUT2D eigenvalue weighted by atomic mass is 9.97. The Kier molecular flexibility index (Phi) is 5.44. The van der Waals surface area contributed by atoms with Crippen molar-refractivity contribution >= 4 is 11.6 Å². The monoisotopic (exact) mass is 296 g/mol. The average Bonchev–Trinajstić information content (AvgIpc) is 2.40. The second-order valence-electron chi connectivity index (χ2n) is 5.91. The molecule has 1 heterocycles. The summed E-state index contributed by atoms with van der Waals surface area (Å²) in [6.07, 6.45) is 0.162. The number of ether oxygens (including phenoxy) is 1. The van der Waals surface area contributed by atoms with Crippen molar-refractivity contribution in [1.82, 2.24) is 10.2 Å². The largest absolute Gasteiger partial charge is 0.374 e. The van der Waals surface area contributed by atoms with Crippen molar-refractivity contribution in [2.24, 2.45) is 0 Å². The number of hydrogen-bond donors (Lipinski definition) is 1.